The number of hydrogen-bond donors (Lipinski definition) is 1. The summed E-state index contributed by atoms with van der Waals surface area (Å²) in [6.45, 7) is 0.509. The van der Waals surface area contributed by atoms with Crippen molar-refractivity contribution in [1.29, 1.82) is 0 Å². The highest BCUT2D eigenvalue weighted by Gasteiger charge is 2.25. The minimum absolute atomic E-state index is 0.0733. The van der Waals surface area contributed by atoms with Gasteiger partial charge in [0.1, 0.15) is 0 Å². The van der Waals surface area contributed by atoms with E-state index >= 15 is 0 Å². The van der Waals surface area contributed by atoms with Crippen molar-refractivity contribution < 1.29 is 14.7 Å². The molecular formula is C16H12ClNO3. The minimum Gasteiger partial charge on any atom is -0.478 e. The van der Waals surface area contributed by atoms with Crippen LogP contribution in [0.4, 0.5) is 5.69 Å². The third-order valence-electron chi connectivity index (χ3n) is 3.54. The van der Waals surface area contributed by atoms with Crippen molar-refractivity contribution in [2.24, 2.45) is 0 Å². The lowest BCUT2D eigenvalue weighted by Crippen LogP contribution is -2.37. The number of aromatic carboxylic acids is 1. The summed E-state index contributed by atoms with van der Waals surface area (Å²) in [5.74, 6) is -1.20. The van der Waals surface area contributed by atoms with Gasteiger partial charge in [-0.2, -0.15) is 0 Å². The molecule has 0 atom stereocenters. The zero-order valence-electron chi connectivity index (χ0n) is 11.0. The van der Waals surface area contributed by atoms with E-state index in [1.807, 2.05) is 18.2 Å². The number of nitrogens with zero attached hydrogens (tertiary/aromatic N) is 1. The highest BCUT2D eigenvalue weighted by atomic mass is 35.5. The maximum atomic E-state index is 12.5. The van der Waals surface area contributed by atoms with E-state index in [1.165, 1.54) is 12.1 Å². The summed E-state index contributed by atoms with van der Waals surface area (Å²) in [6, 6.07) is 11.9. The van der Waals surface area contributed by atoms with Crippen molar-refractivity contribution in [3.63, 3.8) is 0 Å². The van der Waals surface area contributed by atoms with Crippen LogP contribution in [0.2, 0.25) is 5.02 Å². The van der Waals surface area contributed by atoms with Crippen molar-refractivity contribution in [1.82, 2.24) is 0 Å². The molecule has 0 saturated carbocycles. The fourth-order valence-corrected chi connectivity index (χ4v) is 2.76. The molecule has 2 aromatic carbocycles. The maximum Gasteiger partial charge on any atom is 0.335 e. The molecule has 4 nitrogen and oxygen atoms in total. The standard InChI is InChI=1S/C16H12ClNO3/c17-12-7-11(16(20)21)8-13(9-12)18-6-5-10-3-1-2-4-14(10)15(18)19/h1-4,7-9H,5-6H2,(H,20,21). The Morgan fingerprint density at radius 1 is 1.19 bits per heavy atom. The summed E-state index contributed by atoms with van der Waals surface area (Å²) in [5, 5.41) is 9.40. The number of amides is 1. The van der Waals surface area contributed by atoms with Gasteiger partial charge in [0.15, 0.2) is 0 Å². The molecule has 0 fully saturated rings. The van der Waals surface area contributed by atoms with E-state index in [-0.39, 0.29) is 11.5 Å². The molecule has 1 heterocycles. The van der Waals surface area contributed by atoms with E-state index in [0.717, 1.165) is 12.0 Å². The molecule has 0 aliphatic carbocycles. The van der Waals surface area contributed by atoms with Gasteiger partial charge in [0.05, 0.1) is 5.56 Å². The monoisotopic (exact) mass is 301 g/mol. The molecule has 1 amide bonds. The first kappa shape index (κ1) is 13.6. The molecule has 2 aromatic rings. The number of carbonyl (C=O) groups excluding carboxylic acids is 1. The lowest BCUT2D eigenvalue weighted by Gasteiger charge is -2.29. The lowest BCUT2D eigenvalue weighted by molar-refractivity contribution is 0.0696. The third-order valence-corrected chi connectivity index (χ3v) is 3.76. The summed E-state index contributed by atoms with van der Waals surface area (Å²) in [5.41, 5.74) is 2.25. The summed E-state index contributed by atoms with van der Waals surface area (Å²) >= 11 is 5.96. The normalized spacial score (nSPS) is 14.0. The molecule has 0 unspecified atom stereocenters. The van der Waals surface area contributed by atoms with Gasteiger partial charge in [0, 0.05) is 22.8 Å². The highest BCUT2D eigenvalue weighted by Crippen LogP contribution is 2.28. The van der Waals surface area contributed by atoms with Crippen molar-refractivity contribution in [2.75, 3.05) is 11.4 Å². The topological polar surface area (TPSA) is 57.6 Å². The Hall–Kier alpha value is -2.33. The van der Waals surface area contributed by atoms with E-state index in [0.29, 0.717) is 22.8 Å². The number of carbonyl (C=O) groups is 2. The van der Waals surface area contributed by atoms with E-state index in [1.54, 1.807) is 17.0 Å². The molecule has 21 heavy (non-hydrogen) atoms. The van der Waals surface area contributed by atoms with E-state index in [4.69, 9.17) is 16.7 Å². The molecule has 5 heteroatoms. The summed E-state index contributed by atoms with van der Waals surface area (Å²) in [4.78, 5) is 25.2. The summed E-state index contributed by atoms with van der Waals surface area (Å²) in [7, 11) is 0. The van der Waals surface area contributed by atoms with Crippen LogP contribution in [-0.4, -0.2) is 23.5 Å². The van der Waals surface area contributed by atoms with Gasteiger partial charge in [-0.25, -0.2) is 4.79 Å². The molecule has 106 valence electrons. The second-order valence-electron chi connectivity index (χ2n) is 4.87. The highest BCUT2D eigenvalue weighted by molar-refractivity contribution is 6.31. The average molecular weight is 302 g/mol. The number of hydrogen-bond acceptors (Lipinski definition) is 2. The number of carboxylic acid groups (broad SMARTS) is 1. The first-order valence-corrected chi connectivity index (χ1v) is 6.88. The van der Waals surface area contributed by atoms with Crippen LogP contribution >= 0.6 is 11.6 Å². The van der Waals surface area contributed by atoms with Crippen molar-refractivity contribution in [2.45, 2.75) is 6.42 Å². The van der Waals surface area contributed by atoms with E-state index in [2.05, 4.69) is 0 Å². The van der Waals surface area contributed by atoms with Gasteiger partial charge >= 0.3 is 5.97 Å². The minimum atomic E-state index is -1.07. The van der Waals surface area contributed by atoms with Crippen LogP contribution in [0.5, 0.6) is 0 Å². The van der Waals surface area contributed by atoms with Crippen molar-refractivity contribution >= 4 is 29.2 Å². The Bertz CT molecular complexity index is 742. The molecule has 1 aliphatic rings. The van der Waals surface area contributed by atoms with Crippen LogP contribution in [-0.2, 0) is 6.42 Å². The Kier molecular flexibility index (Phi) is 3.39. The Labute approximate surface area is 126 Å². The summed E-state index contributed by atoms with van der Waals surface area (Å²) < 4.78 is 0. The molecule has 0 radical (unpaired) electrons. The molecule has 0 aromatic heterocycles. The van der Waals surface area contributed by atoms with E-state index in [9.17, 15) is 9.59 Å². The van der Waals surface area contributed by atoms with Crippen LogP contribution in [0.25, 0.3) is 0 Å². The number of benzene rings is 2. The van der Waals surface area contributed by atoms with Gasteiger partial charge in [-0.3, -0.25) is 4.79 Å². The second kappa shape index (κ2) is 5.22. The first-order valence-electron chi connectivity index (χ1n) is 6.50. The number of anilines is 1. The van der Waals surface area contributed by atoms with Crippen LogP contribution in [0.1, 0.15) is 26.3 Å². The Morgan fingerprint density at radius 3 is 2.71 bits per heavy atom. The summed E-state index contributed by atoms with van der Waals surface area (Å²) in [6.07, 6.45) is 0.733. The fraction of sp³-hybridized carbons (Fsp3) is 0.125. The van der Waals surface area contributed by atoms with E-state index < -0.39 is 5.97 Å². The molecule has 0 saturated heterocycles. The predicted octanol–water partition coefficient (Wildman–Crippen LogP) is 3.24. The zero-order valence-corrected chi connectivity index (χ0v) is 11.8. The number of rotatable bonds is 2. The zero-order chi connectivity index (χ0) is 15.0. The SMILES string of the molecule is O=C(O)c1cc(Cl)cc(N2CCc3ccccc3C2=O)c1. The molecule has 3 rings (SSSR count). The Morgan fingerprint density at radius 2 is 1.95 bits per heavy atom. The maximum absolute atomic E-state index is 12.5. The van der Waals surface area contributed by atoms with Gasteiger partial charge in [0.25, 0.3) is 5.91 Å². The van der Waals surface area contributed by atoms with Crippen molar-refractivity contribution in [3.05, 3.63) is 64.2 Å². The first-order chi connectivity index (χ1) is 10.1. The smallest absolute Gasteiger partial charge is 0.335 e. The largest absolute Gasteiger partial charge is 0.478 e. The lowest BCUT2D eigenvalue weighted by atomic mass is 9.98. The fourth-order valence-electron chi connectivity index (χ4n) is 2.53. The van der Waals surface area contributed by atoms with Gasteiger partial charge in [-0.05, 0) is 36.2 Å². The van der Waals surface area contributed by atoms with Gasteiger partial charge in [0.2, 0.25) is 0 Å². The number of fused-ring (bicyclic) bond motifs is 1. The number of halogens is 1. The van der Waals surface area contributed by atoms with Gasteiger partial charge < -0.3 is 10.0 Å². The quantitative estimate of drug-likeness (QED) is 0.926. The van der Waals surface area contributed by atoms with Crippen molar-refractivity contribution in [3.8, 4) is 0 Å². The molecule has 0 bridgehead atoms. The van der Waals surface area contributed by atoms with Crippen LogP contribution in [0, 0.1) is 0 Å². The number of carboxylic acids is 1. The van der Waals surface area contributed by atoms with Crippen LogP contribution in [0.3, 0.4) is 0 Å². The van der Waals surface area contributed by atoms with Gasteiger partial charge in [-0.15, -0.1) is 0 Å². The van der Waals surface area contributed by atoms with Gasteiger partial charge in [-0.1, -0.05) is 29.8 Å². The second-order valence-corrected chi connectivity index (χ2v) is 5.30. The molecular weight excluding hydrogens is 290 g/mol. The average Bonchev–Trinajstić information content (AvgIpc) is 2.47. The molecule has 1 aliphatic heterocycles. The molecule has 0 spiro atoms. The molecule has 1 N–H and O–H groups in total. The Balaban J connectivity index is 2.03. The van der Waals surface area contributed by atoms with Crippen LogP contribution in [0.15, 0.2) is 42.5 Å². The van der Waals surface area contributed by atoms with Crippen LogP contribution < -0.4 is 4.90 Å². The predicted molar refractivity (Wildman–Crippen MR) is 80.2 cm³/mol. The third kappa shape index (κ3) is 2.50.